The molecule has 1 aliphatic heterocycles. The molecule has 0 unspecified atom stereocenters. The third-order valence-corrected chi connectivity index (χ3v) is 4.67. The monoisotopic (exact) mass is 353 g/mol. The number of aromatic amines is 1. The molecule has 26 heavy (non-hydrogen) atoms. The van der Waals surface area contributed by atoms with Crippen molar-refractivity contribution in [3.8, 4) is 5.75 Å². The molecule has 4 rings (SSSR count). The fourth-order valence-corrected chi connectivity index (χ4v) is 3.28. The van der Waals surface area contributed by atoms with Crippen LogP contribution in [0.25, 0.3) is 10.9 Å². The topological polar surface area (TPSA) is 86.3 Å². The van der Waals surface area contributed by atoms with Crippen molar-refractivity contribution in [3.05, 3.63) is 58.5 Å². The highest BCUT2D eigenvalue weighted by Gasteiger charge is 2.27. The quantitative estimate of drug-likeness (QED) is 0.708. The second kappa shape index (κ2) is 5.94. The average Bonchev–Trinajstić information content (AvgIpc) is 3.22. The van der Waals surface area contributed by atoms with Crippen molar-refractivity contribution in [2.45, 2.75) is 26.4 Å². The van der Waals surface area contributed by atoms with E-state index in [0.717, 1.165) is 11.1 Å². The van der Waals surface area contributed by atoms with Crippen LogP contribution >= 0.6 is 0 Å². The summed E-state index contributed by atoms with van der Waals surface area (Å²) in [6.07, 6.45) is 0.289. The molecule has 2 N–H and O–H groups in total. The van der Waals surface area contributed by atoms with Crippen molar-refractivity contribution in [1.29, 1.82) is 0 Å². The van der Waals surface area contributed by atoms with Crippen LogP contribution in [0.1, 0.15) is 45.3 Å². The molecule has 0 fully saturated rings. The van der Waals surface area contributed by atoms with Gasteiger partial charge in [0.15, 0.2) is 5.78 Å². The molecule has 3 aromatic rings. The molecule has 0 radical (unpaired) electrons. The molecular weight excluding hydrogens is 337 g/mol. The summed E-state index contributed by atoms with van der Waals surface area (Å²) in [6, 6.07) is 7.33. The van der Waals surface area contributed by atoms with E-state index >= 15 is 0 Å². The molecule has 1 aliphatic rings. The summed E-state index contributed by atoms with van der Waals surface area (Å²) in [4.78, 5) is 26.4. The van der Waals surface area contributed by atoms with Crippen molar-refractivity contribution >= 4 is 22.6 Å². The normalized spacial score (nSPS) is 13.2. The van der Waals surface area contributed by atoms with Crippen LogP contribution in [0.4, 0.5) is 4.39 Å². The molecule has 0 bridgehead atoms. The molecule has 0 saturated heterocycles. The summed E-state index contributed by atoms with van der Waals surface area (Å²) in [5, 5.41) is 17.5. The summed E-state index contributed by atoms with van der Waals surface area (Å²) in [5.74, 6) is -1.06. The predicted octanol–water partition coefficient (Wildman–Crippen LogP) is 3.16. The van der Waals surface area contributed by atoms with Crippen LogP contribution in [0.2, 0.25) is 0 Å². The highest BCUT2D eigenvalue weighted by molar-refractivity contribution is 6.09. The van der Waals surface area contributed by atoms with E-state index in [4.69, 9.17) is 0 Å². The first-order valence-electron chi connectivity index (χ1n) is 8.28. The Morgan fingerprint density at radius 1 is 1.23 bits per heavy atom. The number of Topliss-reactive ketones (excluding diaryl/α,β-unsaturated/α-hetero) is 1. The minimum absolute atomic E-state index is 0.0948. The zero-order valence-electron chi connectivity index (χ0n) is 14.0. The van der Waals surface area contributed by atoms with E-state index in [0.29, 0.717) is 17.4 Å². The van der Waals surface area contributed by atoms with Gasteiger partial charge >= 0.3 is 0 Å². The fourth-order valence-electron chi connectivity index (χ4n) is 3.28. The minimum atomic E-state index is -0.378. The van der Waals surface area contributed by atoms with Gasteiger partial charge in [0.2, 0.25) is 0 Å². The molecule has 2 heterocycles. The molecule has 0 saturated carbocycles. The van der Waals surface area contributed by atoms with Crippen LogP contribution in [0.3, 0.4) is 0 Å². The summed E-state index contributed by atoms with van der Waals surface area (Å²) in [5.41, 5.74) is 2.47. The number of carbonyl (C=O) groups is 2. The number of hydrogen-bond donors (Lipinski definition) is 2. The van der Waals surface area contributed by atoms with Gasteiger partial charge in [0.25, 0.3) is 5.91 Å². The second-order valence-corrected chi connectivity index (χ2v) is 6.34. The SMILES string of the molecule is CCC(=O)c1n[nH]c2cc(O)c(C(=O)N3Cc4ccc(F)cc4C3)cc12. The van der Waals surface area contributed by atoms with Crippen LogP contribution < -0.4 is 0 Å². The van der Waals surface area contributed by atoms with Crippen molar-refractivity contribution in [2.24, 2.45) is 0 Å². The van der Waals surface area contributed by atoms with Crippen molar-refractivity contribution < 1.29 is 19.1 Å². The molecule has 1 aromatic heterocycles. The fraction of sp³-hybridized carbons (Fsp3) is 0.211. The molecule has 7 heteroatoms. The average molecular weight is 353 g/mol. The molecule has 2 aromatic carbocycles. The Morgan fingerprint density at radius 2 is 2.00 bits per heavy atom. The standard InChI is InChI=1S/C19H16FN3O3/c1-2-16(24)18-13-6-14(17(25)7-15(13)21-22-18)19(26)23-8-10-3-4-12(20)5-11(10)9-23/h3-7,25H,2,8-9H2,1H3,(H,21,22). The molecule has 0 atom stereocenters. The molecule has 6 nitrogen and oxygen atoms in total. The number of phenols is 1. The summed E-state index contributed by atoms with van der Waals surface area (Å²) < 4.78 is 13.4. The Hall–Kier alpha value is -3.22. The van der Waals surface area contributed by atoms with Crippen LogP contribution in [-0.4, -0.2) is 31.9 Å². The number of H-pyrrole nitrogens is 1. The van der Waals surface area contributed by atoms with Gasteiger partial charge in [0.05, 0.1) is 11.1 Å². The lowest BCUT2D eigenvalue weighted by Crippen LogP contribution is -2.25. The van der Waals surface area contributed by atoms with E-state index in [2.05, 4.69) is 10.2 Å². The first-order chi connectivity index (χ1) is 12.5. The van der Waals surface area contributed by atoms with Gasteiger partial charge in [-0.05, 0) is 29.3 Å². The molecular formula is C19H16FN3O3. The lowest BCUT2D eigenvalue weighted by Gasteiger charge is -2.16. The Kier molecular flexibility index (Phi) is 3.72. The molecule has 1 amide bonds. The Balaban J connectivity index is 1.71. The largest absolute Gasteiger partial charge is 0.507 e. The van der Waals surface area contributed by atoms with E-state index < -0.39 is 0 Å². The number of aromatic nitrogens is 2. The lowest BCUT2D eigenvalue weighted by molar-refractivity contribution is 0.0748. The Labute approximate surface area is 148 Å². The van der Waals surface area contributed by atoms with Crippen molar-refractivity contribution in [2.75, 3.05) is 0 Å². The van der Waals surface area contributed by atoms with E-state index in [1.807, 2.05) is 0 Å². The highest BCUT2D eigenvalue weighted by Crippen LogP contribution is 2.31. The zero-order chi connectivity index (χ0) is 18.4. The van der Waals surface area contributed by atoms with Gasteiger partial charge in [-0.2, -0.15) is 5.10 Å². The maximum Gasteiger partial charge on any atom is 0.258 e. The number of amides is 1. The predicted molar refractivity (Wildman–Crippen MR) is 92.4 cm³/mol. The van der Waals surface area contributed by atoms with E-state index in [1.165, 1.54) is 29.2 Å². The molecule has 132 valence electrons. The van der Waals surface area contributed by atoms with Gasteiger partial charge < -0.3 is 10.0 Å². The number of phenolic OH excluding ortho intramolecular Hbond substituents is 1. The minimum Gasteiger partial charge on any atom is -0.507 e. The molecule has 0 aliphatic carbocycles. The number of nitrogens with one attached hydrogen (secondary N) is 1. The summed E-state index contributed by atoms with van der Waals surface area (Å²) in [7, 11) is 0. The first kappa shape index (κ1) is 16.3. The van der Waals surface area contributed by atoms with Crippen LogP contribution in [0, 0.1) is 5.82 Å². The highest BCUT2D eigenvalue weighted by atomic mass is 19.1. The van der Waals surface area contributed by atoms with Gasteiger partial charge in [-0.3, -0.25) is 14.7 Å². The zero-order valence-corrected chi connectivity index (χ0v) is 14.0. The van der Waals surface area contributed by atoms with Crippen LogP contribution in [0.5, 0.6) is 5.75 Å². The number of aromatic hydroxyl groups is 1. The van der Waals surface area contributed by atoms with Crippen molar-refractivity contribution in [3.63, 3.8) is 0 Å². The van der Waals surface area contributed by atoms with Crippen LogP contribution in [-0.2, 0) is 13.1 Å². The van der Waals surface area contributed by atoms with Gasteiger partial charge in [0.1, 0.15) is 17.3 Å². The number of rotatable bonds is 3. The third kappa shape index (κ3) is 2.52. The van der Waals surface area contributed by atoms with Gasteiger partial charge in [-0.25, -0.2) is 4.39 Å². The van der Waals surface area contributed by atoms with Gasteiger partial charge in [-0.15, -0.1) is 0 Å². The molecule has 0 spiro atoms. The number of carbonyl (C=O) groups excluding carboxylic acids is 2. The van der Waals surface area contributed by atoms with Gasteiger partial charge in [0, 0.05) is 31.0 Å². The summed E-state index contributed by atoms with van der Waals surface area (Å²) in [6.45, 7) is 2.35. The van der Waals surface area contributed by atoms with Crippen molar-refractivity contribution in [1.82, 2.24) is 15.1 Å². The number of benzene rings is 2. The van der Waals surface area contributed by atoms with Gasteiger partial charge in [-0.1, -0.05) is 13.0 Å². The Bertz CT molecular complexity index is 1060. The van der Waals surface area contributed by atoms with Crippen LogP contribution in [0.15, 0.2) is 30.3 Å². The maximum absolute atomic E-state index is 13.4. The number of ketones is 1. The summed E-state index contributed by atoms with van der Waals surface area (Å²) >= 11 is 0. The third-order valence-electron chi connectivity index (χ3n) is 4.67. The number of nitrogens with zero attached hydrogens (tertiary/aromatic N) is 2. The second-order valence-electron chi connectivity index (χ2n) is 6.34. The van der Waals surface area contributed by atoms with E-state index in [1.54, 1.807) is 13.0 Å². The maximum atomic E-state index is 13.4. The number of fused-ring (bicyclic) bond motifs is 2. The number of halogens is 1. The van der Waals surface area contributed by atoms with E-state index in [-0.39, 0.29) is 47.5 Å². The number of hydrogen-bond acceptors (Lipinski definition) is 4. The lowest BCUT2D eigenvalue weighted by atomic mass is 10.1. The smallest absolute Gasteiger partial charge is 0.258 e. The van der Waals surface area contributed by atoms with E-state index in [9.17, 15) is 19.1 Å². The first-order valence-corrected chi connectivity index (χ1v) is 8.28. The Morgan fingerprint density at radius 3 is 2.77 bits per heavy atom.